The zero-order chi connectivity index (χ0) is 13.0. The van der Waals surface area contributed by atoms with Crippen LogP contribution >= 0.6 is 0 Å². The van der Waals surface area contributed by atoms with Gasteiger partial charge in [-0.25, -0.2) is 4.79 Å². The fraction of sp³-hybridized carbons (Fsp3) is 0.538. The molecule has 0 radical (unpaired) electrons. The second-order valence-corrected chi connectivity index (χ2v) is 4.54. The van der Waals surface area contributed by atoms with Gasteiger partial charge in [-0.2, -0.15) is 0 Å². The van der Waals surface area contributed by atoms with Crippen molar-refractivity contribution >= 4 is 5.97 Å². The van der Waals surface area contributed by atoms with E-state index in [1.165, 1.54) is 12.3 Å². The van der Waals surface area contributed by atoms with Crippen LogP contribution in [0.25, 0.3) is 0 Å². The van der Waals surface area contributed by atoms with Crippen LogP contribution in [0.4, 0.5) is 0 Å². The number of aromatic carboxylic acids is 1. The lowest BCUT2D eigenvalue weighted by molar-refractivity contribution is 0.0694. The van der Waals surface area contributed by atoms with Crippen LogP contribution in [0.2, 0.25) is 0 Å². The van der Waals surface area contributed by atoms with Crippen molar-refractivity contribution in [1.82, 2.24) is 4.57 Å². The van der Waals surface area contributed by atoms with Gasteiger partial charge >= 0.3 is 5.97 Å². The van der Waals surface area contributed by atoms with E-state index in [0.717, 1.165) is 25.1 Å². The second-order valence-electron chi connectivity index (χ2n) is 4.54. The number of pyridine rings is 1. The highest BCUT2D eigenvalue weighted by molar-refractivity contribution is 5.87. The highest BCUT2D eigenvalue weighted by Gasteiger charge is 2.11. The van der Waals surface area contributed by atoms with Gasteiger partial charge < -0.3 is 9.67 Å². The molecule has 4 heteroatoms. The molecule has 1 rings (SSSR count). The van der Waals surface area contributed by atoms with Crippen molar-refractivity contribution in [2.75, 3.05) is 0 Å². The Bertz CT molecular complexity index is 462. The van der Waals surface area contributed by atoms with E-state index in [4.69, 9.17) is 5.11 Å². The summed E-state index contributed by atoms with van der Waals surface area (Å²) in [6.45, 7) is 6.82. The minimum Gasteiger partial charge on any atom is -0.477 e. The molecule has 0 saturated carbocycles. The second kappa shape index (κ2) is 5.66. The van der Waals surface area contributed by atoms with Crippen LogP contribution < -0.4 is 5.43 Å². The topological polar surface area (TPSA) is 59.3 Å². The number of rotatable bonds is 5. The number of nitrogens with zero attached hydrogens (tertiary/aromatic N) is 1. The van der Waals surface area contributed by atoms with Gasteiger partial charge in [0.15, 0.2) is 5.43 Å². The number of hydrogen-bond donors (Lipinski definition) is 1. The number of aromatic nitrogens is 1. The first kappa shape index (κ1) is 13.5. The van der Waals surface area contributed by atoms with Gasteiger partial charge in [0.2, 0.25) is 0 Å². The Morgan fingerprint density at radius 3 is 2.71 bits per heavy atom. The van der Waals surface area contributed by atoms with Crippen LogP contribution in [-0.2, 0) is 6.54 Å². The molecule has 17 heavy (non-hydrogen) atoms. The maximum Gasteiger partial charge on any atom is 0.341 e. The number of carboxylic acid groups (broad SMARTS) is 1. The molecular formula is C13H19NO3. The fourth-order valence-corrected chi connectivity index (χ4v) is 1.95. The molecule has 0 saturated heterocycles. The van der Waals surface area contributed by atoms with Crippen molar-refractivity contribution < 1.29 is 9.90 Å². The third-order valence-corrected chi connectivity index (χ3v) is 2.86. The molecule has 0 aliphatic carbocycles. The quantitative estimate of drug-likeness (QED) is 0.854. The lowest BCUT2D eigenvalue weighted by Crippen LogP contribution is -2.20. The van der Waals surface area contributed by atoms with Gasteiger partial charge in [-0.3, -0.25) is 4.79 Å². The van der Waals surface area contributed by atoms with Crippen LogP contribution in [0.1, 0.15) is 42.7 Å². The number of aryl methyl sites for hydroxylation is 1. The third-order valence-electron chi connectivity index (χ3n) is 2.86. The van der Waals surface area contributed by atoms with Gasteiger partial charge in [0.05, 0.1) is 0 Å². The largest absolute Gasteiger partial charge is 0.477 e. The van der Waals surface area contributed by atoms with Gasteiger partial charge in [-0.05, 0) is 19.3 Å². The standard InChI is InChI=1S/C13H19NO3/c1-4-5-9(2)7-14-8-11(13(16)17)12(15)6-10(14)3/h6,8-9H,4-5,7H2,1-3H3,(H,16,17). The maximum atomic E-state index is 11.5. The summed E-state index contributed by atoms with van der Waals surface area (Å²) in [7, 11) is 0. The molecule has 0 bridgehead atoms. The van der Waals surface area contributed by atoms with Gasteiger partial charge in [-0.15, -0.1) is 0 Å². The minimum atomic E-state index is -1.16. The van der Waals surface area contributed by atoms with E-state index >= 15 is 0 Å². The average Bonchev–Trinajstić information content (AvgIpc) is 2.21. The molecular weight excluding hydrogens is 218 g/mol. The van der Waals surface area contributed by atoms with E-state index < -0.39 is 11.4 Å². The summed E-state index contributed by atoms with van der Waals surface area (Å²) in [6, 6.07) is 1.39. The summed E-state index contributed by atoms with van der Waals surface area (Å²) >= 11 is 0. The first-order valence-corrected chi connectivity index (χ1v) is 5.90. The van der Waals surface area contributed by atoms with E-state index in [1.807, 2.05) is 11.5 Å². The van der Waals surface area contributed by atoms with Crippen molar-refractivity contribution in [3.8, 4) is 0 Å². The van der Waals surface area contributed by atoms with Crippen molar-refractivity contribution in [1.29, 1.82) is 0 Å². The average molecular weight is 237 g/mol. The Labute approximate surface area is 101 Å². The molecule has 0 amide bonds. The van der Waals surface area contributed by atoms with Crippen molar-refractivity contribution in [3.05, 3.63) is 33.7 Å². The Balaban J connectivity index is 3.04. The first-order valence-electron chi connectivity index (χ1n) is 5.90. The predicted octanol–water partition coefficient (Wildman–Crippen LogP) is 2.29. The summed E-state index contributed by atoms with van der Waals surface area (Å²) in [6.07, 6.45) is 3.65. The molecule has 4 nitrogen and oxygen atoms in total. The summed E-state index contributed by atoms with van der Waals surface area (Å²) in [5.74, 6) is -0.685. The molecule has 1 N–H and O–H groups in total. The maximum absolute atomic E-state index is 11.5. The lowest BCUT2D eigenvalue weighted by atomic mass is 10.1. The predicted molar refractivity (Wildman–Crippen MR) is 66.5 cm³/mol. The van der Waals surface area contributed by atoms with Crippen LogP contribution in [0.15, 0.2) is 17.1 Å². The Morgan fingerprint density at radius 2 is 2.18 bits per heavy atom. The zero-order valence-electron chi connectivity index (χ0n) is 10.6. The highest BCUT2D eigenvalue weighted by atomic mass is 16.4. The van der Waals surface area contributed by atoms with E-state index in [0.29, 0.717) is 5.92 Å². The van der Waals surface area contributed by atoms with Gasteiger partial charge in [0.1, 0.15) is 5.56 Å². The summed E-state index contributed by atoms with van der Waals surface area (Å²) in [5, 5.41) is 8.91. The third kappa shape index (κ3) is 3.44. The summed E-state index contributed by atoms with van der Waals surface area (Å²) < 4.78 is 1.85. The molecule has 0 aliphatic heterocycles. The summed E-state index contributed by atoms with van der Waals surface area (Å²) in [4.78, 5) is 22.3. The van der Waals surface area contributed by atoms with E-state index in [9.17, 15) is 9.59 Å². The molecule has 0 aliphatic rings. The van der Waals surface area contributed by atoms with E-state index in [1.54, 1.807) is 0 Å². The van der Waals surface area contributed by atoms with E-state index in [-0.39, 0.29) is 5.56 Å². The lowest BCUT2D eigenvalue weighted by Gasteiger charge is -2.16. The molecule has 1 unspecified atom stereocenters. The van der Waals surface area contributed by atoms with Gasteiger partial charge in [0, 0.05) is 24.5 Å². The molecule has 1 aromatic heterocycles. The molecule has 94 valence electrons. The van der Waals surface area contributed by atoms with Crippen molar-refractivity contribution in [2.45, 2.75) is 40.2 Å². The molecule has 1 atom stereocenters. The SMILES string of the molecule is CCCC(C)Cn1cc(C(=O)O)c(=O)cc1C. The Kier molecular flexibility index (Phi) is 4.49. The fourth-order valence-electron chi connectivity index (χ4n) is 1.95. The Hall–Kier alpha value is -1.58. The summed E-state index contributed by atoms with van der Waals surface area (Å²) in [5.41, 5.74) is 0.233. The van der Waals surface area contributed by atoms with Crippen LogP contribution in [0, 0.1) is 12.8 Å². The van der Waals surface area contributed by atoms with Crippen LogP contribution in [0.3, 0.4) is 0 Å². The normalized spacial score (nSPS) is 12.4. The zero-order valence-corrected chi connectivity index (χ0v) is 10.6. The number of hydrogen-bond acceptors (Lipinski definition) is 2. The van der Waals surface area contributed by atoms with E-state index in [2.05, 4.69) is 13.8 Å². The van der Waals surface area contributed by atoms with Crippen LogP contribution in [-0.4, -0.2) is 15.6 Å². The minimum absolute atomic E-state index is 0.153. The number of carboxylic acids is 1. The van der Waals surface area contributed by atoms with Gasteiger partial charge in [-0.1, -0.05) is 20.3 Å². The highest BCUT2D eigenvalue weighted by Crippen LogP contribution is 2.10. The monoisotopic (exact) mass is 237 g/mol. The smallest absolute Gasteiger partial charge is 0.341 e. The molecule has 1 aromatic rings. The molecule has 1 heterocycles. The number of carbonyl (C=O) groups is 1. The first-order chi connectivity index (χ1) is 7.95. The van der Waals surface area contributed by atoms with Crippen molar-refractivity contribution in [2.24, 2.45) is 5.92 Å². The molecule has 0 fully saturated rings. The van der Waals surface area contributed by atoms with Gasteiger partial charge in [0.25, 0.3) is 0 Å². The van der Waals surface area contributed by atoms with Crippen molar-refractivity contribution in [3.63, 3.8) is 0 Å². The molecule has 0 aromatic carbocycles. The van der Waals surface area contributed by atoms with Crippen LogP contribution in [0.5, 0.6) is 0 Å². The Morgan fingerprint density at radius 1 is 1.53 bits per heavy atom. The molecule has 0 spiro atoms.